The molecule has 0 radical (unpaired) electrons. The number of hydrogen-bond donors (Lipinski definition) is 3. The van der Waals surface area contributed by atoms with Crippen LogP contribution in [0.15, 0.2) is 6.07 Å². The van der Waals surface area contributed by atoms with E-state index >= 15 is 0 Å². The summed E-state index contributed by atoms with van der Waals surface area (Å²) in [6, 6.07) is 1.80. The van der Waals surface area contributed by atoms with Crippen molar-refractivity contribution in [1.82, 2.24) is 14.9 Å². The molecule has 0 aromatic carbocycles. The van der Waals surface area contributed by atoms with Crippen molar-refractivity contribution >= 4 is 5.82 Å². The molecule has 0 bridgehead atoms. The molecule has 0 aliphatic carbocycles. The number of aromatic nitrogens is 2. The normalized spacial score (nSPS) is 11.0. The molecule has 0 unspecified atom stereocenters. The van der Waals surface area contributed by atoms with Gasteiger partial charge in [0.25, 0.3) is 0 Å². The number of anilines is 1. The van der Waals surface area contributed by atoms with E-state index in [0.717, 1.165) is 24.6 Å². The van der Waals surface area contributed by atoms with Crippen LogP contribution in [-0.2, 0) is 11.3 Å². The van der Waals surface area contributed by atoms with Crippen molar-refractivity contribution in [3.8, 4) is 0 Å². The van der Waals surface area contributed by atoms with Crippen molar-refractivity contribution in [2.75, 3.05) is 38.3 Å². The van der Waals surface area contributed by atoms with Crippen LogP contribution in [0.5, 0.6) is 0 Å². The molecular weight excluding hydrogens is 246 g/mol. The summed E-state index contributed by atoms with van der Waals surface area (Å²) in [6.45, 7) is 7.30. The van der Waals surface area contributed by atoms with E-state index in [9.17, 15) is 0 Å². The first-order valence-corrected chi connectivity index (χ1v) is 6.41. The van der Waals surface area contributed by atoms with Gasteiger partial charge >= 0.3 is 0 Å². The largest absolute Gasteiger partial charge is 0.394 e. The monoisotopic (exact) mass is 269 g/mol. The lowest BCUT2D eigenvalue weighted by atomic mass is 10.4. The maximum atomic E-state index is 8.63. The highest BCUT2D eigenvalue weighted by molar-refractivity contribution is 5.33. The zero-order valence-electron chi connectivity index (χ0n) is 11.6. The quantitative estimate of drug-likeness (QED) is 0.327. The van der Waals surface area contributed by atoms with Crippen LogP contribution in [0.25, 0.3) is 0 Å². The summed E-state index contributed by atoms with van der Waals surface area (Å²) >= 11 is 0. The number of aliphatic hydroxyl groups is 1. The minimum absolute atomic E-state index is 0.0542. The number of aryl methyl sites for hydroxylation is 1. The fourth-order valence-electron chi connectivity index (χ4n) is 1.68. The van der Waals surface area contributed by atoms with Crippen LogP contribution in [0, 0.1) is 6.92 Å². The maximum absolute atomic E-state index is 8.63. The molecule has 7 heteroatoms. The number of nitrogens with two attached hydrogens (primary N) is 1. The average molecular weight is 269 g/mol. The zero-order chi connectivity index (χ0) is 14.1. The van der Waals surface area contributed by atoms with Crippen LogP contribution >= 0.6 is 0 Å². The molecule has 7 nitrogen and oxygen atoms in total. The van der Waals surface area contributed by atoms with Crippen molar-refractivity contribution in [3.63, 3.8) is 0 Å². The van der Waals surface area contributed by atoms with Crippen molar-refractivity contribution in [3.05, 3.63) is 17.6 Å². The van der Waals surface area contributed by atoms with E-state index in [1.165, 1.54) is 0 Å². The Labute approximate surface area is 113 Å². The topological polar surface area (TPSA) is 96.5 Å². The Kier molecular flexibility index (Phi) is 7.27. The van der Waals surface area contributed by atoms with Gasteiger partial charge < -0.3 is 15.3 Å². The minimum atomic E-state index is 0.0542. The summed E-state index contributed by atoms with van der Waals surface area (Å²) < 4.78 is 5.26. The van der Waals surface area contributed by atoms with Gasteiger partial charge in [0, 0.05) is 18.3 Å². The fourth-order valence-corrected chi connectivity index (χ4v) is 1.68. The smallest absolute Gasteiger partial charge is 0.145 e. The molecule has 0 aliphatic rings. The minimum Gasteiger partial charge on any atom is -0.394 e. The molecular formula is C12H23N5O2. The molecule has 19 heavy (non-hydrogen) atoms. The first kappa shape index (κ1) is 15.8. The molecule has 108 valence electrons. The van der Waals surface area contributed by atoms with Gasteiger partial charge in [-0.05, 0) is 13.5 Å². The van der Waals surface area contributed by atoms with Gasteiger partial charge in [-0.15, -0.1) is 0 Å². The second-order valence-electron chi connectivity index (χ2n) is 4.16. The van der Waals surface area contributed by atoms with Crippen LogP contribution in [0.2, 0.25) is 0 Å². The SMILES string of the molecule is CCN(CCOCCO)Cc1nc(C)cc(NN)n1. The number of nitrogens with zero attached hydrogens (tertiary/aromatic N) is 3. The van der Waals surface area contributed by atoms with Crippen molar-refractivity contribution in [2.45, 2.75) is 20.4 Å². The zero-order valence-corrected chi connectivity index (χ0v) is 11.6. The van der Waals surface area contributed by atoms with Gasteiger partial charge in [0.1, 0.15) is 11.6 Å². The van der Waals surface area contributed by atoms with Gasteiger partial charge in [0.2, 0.25) is 0 Å². The third kappa shape index (κ3) is 5.93. The molecule has 4 N–H and O–H groups in total. The van der Waals surface area contributed by atoms with Gasteiger partial charge in [-0.2, -0.15) is 0 Å². The van der Waals surface area contributed by atoms with Gasteiger partial charge in [0.05, 0.1) is 26.4 Å². The van der Waals surface area contributed by atoms with Crippen LogP contribution in [0.1, 0.15) is 18.4 Å². The summed E-state index contributed by atoms with van der Waals surface area (Å²) in [6.07, 6.45) is 0. The number of likely N-dealkylation sites (N-methyl/N-ethyl adjacent to an activating group) is 1. The Hall–Kier alpha value is -1.28. The Morgan fingerprint density at radius 1 is 1.42 bits per heavy atom. The van der Waals surface area contributed by atoms with E-state index in [0.29, 0.717) is 25.6 Å². The first-order valence-electron chi connectivity index (χ1n) is 6.41. The third-order valence-corrected chi connectivity index (χ3v) is 2.65. The highest BCUT2D eigenvalue weighted by atomic mass is 16.5. The molecule has 0 saturated heterocycles. The Balaban J connectivity index is 2.52. The predicted molar refractivity (Wildman–Crippen MR) is 73.4 cm³/mol. The molecule has 1 aromatic heterocycles. The van der Waals surface area contributed by atoms with E-state index in [1.807, 2.05) is 6.92 Å². The Bertz CT molecular complexity index is 375. The lowest BCUT2D eigenvalue weighted by molar-refractivity contribution is 0.0727. The first-order chi connectivity index (χ1) is 9.19. The van der Waals surface area contributed by atoms with E-state index in [4.69, 9.17) is 15.7 Å². The molecule has 0 aliphatic heterocycles. The van der Waals surface area contributed by atoms with Gasteiger partial charge in [-0.3, -0.25) is 4.90 Å². The van der Waals surface area contributed by atoms with E-state index in [1.54, 1.807) is 6.07 Å². The van der Waals surface area contributed by atoms with Crippen LogP contribution in [0.3, 0.4) is 0 Å². The van der Waals surface area contributed by atoms with Crippen molar-refractivity contribution in [1.29, 1.82) is 0 Å². The number of ether oxygens (including phenoxy) is 1. The molecule has 0 atom stereocenters. The number of rotatable bonds is 9. The maximum Gasteiger partial charge on any atom is 0.145 e. The highest BCUT2D eigenvalue weighted by Crippen LogP contribution is 2.06. The fraction of sp³-hybridized carbons (Fsp3) is 0.667. The summed E-state index contributed by atoms with van der Waals surface area (Å²) in [5, 5.41) is 8.63. The summed E-state index contributed by atoms with van der Waals surface area (Å²) in [5.41, 5.74) is 3.42. The standard InChI is InChI=1S/C12H23N5O2/c1-3-17(4-6-19-7-5-18)9-12-14-10(2)8-11(15-12)16-13/h8,18H,3-7,9,13H2,1-2H3,(H,14,15,16). The lowest BCUT2D eigenvalue weighted by Crippen LogP contribution is -2.28. The summed E-state index contributed by atoms with van der Waals surface area (Å²) in [5.74, 6) is 6.72. The number of nitrogens with one attached hydrogen (secondary N) is 1. The molecule has 0 amide bonds. The number of hydrazine groups is 1. The highest BCUT2D eigenvalue weighted by Gasteiger charge is 2.07. The number of hydrogen-bond acceptors (Lipinski definition) is 7. The van der Waals surface area contributed by atoms with Crippen LogP contribution in [-0.4, -0.2) is 52.9 Å². The predicted octanol–water partition coefficient (Wildman–Crippen LogP) is -0.0986. The molecule has 1 heterocycles. The molecule has 0 saturated carbocycles. The second-order valence-corrected chi connectivity index (χ2v) is 4.16. The summed E-state index contributed by atoms with van der Waals surface area (Å²) in [4.78, 5) is 10.9. The Morgan fingerprint density at radius 3 is 2.84 bits per heavy atom. The van der Waals surface area contributed by atoms with Crippen LogP contribution < -0.4 is 11.3 Å². The van der Waals surface area contributed by atoms with Crippen molar-refractivity contribution < 1.29 is 9.84 Å². The van der Waals surface area contributed by atoms with Gasteiger partial charge in [0.15, 0.2) is 0 Å². The van der Waals surface area contributed by atoms with Gasteiger partial charge in [-0.25, -0.2) is 15.8 Å². The molecule has 0 spiro atoms. The average Bonchev–Trinajstić information content (AvgIpc) is 2.41. The van der Waals surface area contributed by atoms with E-state index in [2.05, 4.69) is 27.2 Å². The van der Waals surface area contributed by atoms with Crippen LogP contribution in [0.4, 0.5) is 5.82 Å². The third-order valence-electron chi connectivity index (χ3n) is 2.65. The molecule has 1 aromatic rings. The van der Waals surface area contributed by atoms with E-state index in [-0.39, 0.29) is 6.61 Å². The molecule has 0 fully saturated rings. The van der Waals surface area contributed by atoms with Gasteiger partial charge in [-0.1, -0.05) is 6.92 Å². The Morgan fingerprint density at radius 2 is 2.21 bits per heavy atom. The van der Waals surface area contributed by atoms with E-state index < -0.39 is 0 Å². The number of nitrogen functional groups attached to an aromatic ring is 1. The number of aliphatic hydroxyl groups excluding tert-OH is 1. The lowest BCUT2D eigenvalue weighted by Gasteiger charge is -2.19. The van der Waals surface area contributed by atoms with Crippen molar-refractivity contribution in [2.24, 2.45) is 5.84 Å². The second kappa shape index (κ2) is 8.76. The summed E-state index contributed by atoms with van der Waals surface area (Å²) in [7, 11) is 0. The molecule has 1 rings (SSSR count).